The van der Waals surface area contributed by atoms with E-state index in [1.165, 1.54) is 24.0 Å². The molecule has 0 aliphatic carbocycles. The van der Waals surface area contributed by atoms with E-state index >= 15 is 0 Å². The maximum absolute atomic E-state index is 13.9. The number of nitrogens with one attached hydrogen (secondary N) is 4. The third kappa shape index (κ3) is 13.0. The average Bonchev–Trinajstić information content (AvgIpc) is 3.77. The second kappa shape index (κ2) is 21.9. The molecule has 3 saturated heterocycles. The number of hydrogen-bond acceptors (Lipinski definition) is 12. The molecular formula is C38H59N9O9S. The number of nitrogens with zero attached hydrogens (tertiary/aromatic N) is 3. The Morgan fingerprint density at radius 1 is 0.842 bits per heavy atom. The van der Waals surface area contributed by atoms with Crippen molar-refractivity contribution in [3.05, 3.63) is 29.8 Å². The van der Waals surface area contributed by atoms with E-state index in [0.717, 1.165) is 6.42 Å². The number of carbonyl (C=O) groups is 7. The minimum absolute atomic E-state index is 0.00541. The minimum atomic E-state index is -1.36. The third-order valence-electron chi connectivity index (χ3n) is 10.6. The van der Waals surface area contributed by atoms with Crippen LogP contribution in [0, 0.1) is 0 Å². The van der Waals surface area contributed by atoms with Crippen LogP contribution in [0.5, 0.6) is 5.75 Å². The van der Waals surface area contributed by atoms with Crippen LogP contribution < -0.4 is 32.7 Å². The molecule has 3 heterocycles. The maximum atomic E-state index is 13.9. The number of likely N-dealkylation sites (tertiary alicyclic amines) is 2. The van der Waals surface area contributed by atoms with Gasteiger partial charge in [-0.05, 0) is 82.5 Å². The zero-order valence-corrected chi connectivity index (χ0v) is 33.5. The van der Waals surface area contributed by atoms with E-state index < -0.39 is 72.4 Å². The molecule has 0 aromatic heterocycles. The summed E-state index contributed by atoms with van der Waals surface area (Å²) in [5, 5.41) is 30.4. The van der Waals surface area contributed by atoms with Crippen LogP contribution in [0.3, 0.4) is 0 Å². The Hall–Kier alpha value is -4.46. The molecule has 0 radical (unpaired) electrons. The molecule has 3 aliphatic heterocycles. The van der Waals surface area contributed by atoms with Gasteiger partial charge in [-0.3, -0.25) is 33.6 Å². The van der Waals surface area contributed by atoms with Crippen molar-refractivity contribution in [2.75, 3.05) is 45.1 Å². The van der Waals surface area contributed by atoms with Gasteiger partial charge in [-0.1, -0.05) is 12.1 Å². The van der Waals surface area contributed by atoms with Crippen molar-refractivity contribution < 1.29 is 43.8 Å². The highest BCUT2D eigenvalue weighted by molar-refractivity contribution is 7.80. The van der Waals surface area contributed by atoms with Crippen molar-refractivity contribution in [2.24, 2.45) is 11.5 Å². The Morgan fingerprint density at radius 2 is 1.53 bits per heavy atom. The van der Waals surface area contributed by atoms with E-state index in [0.29, 0.717) is 83.2 Å². The first kappa shape index (κ1) is 45.2. The van der Waals surface area contributed by atoms with Gasteiger partial charge in [0.25, 0.3) is 0 Å². The number of nitrogens with two attached hydrogens (primary N) is 2. The molecule has 3 fully saturated rings. The molecule has 3 aliphatic rings. The van der Waals surface area contributed by atoms with Crippen LogP contribution in [-0.4, -0.2) is 154 Å². The molecule has 7 atom stereocenters. The van der Waals surface area contributed by atoms with Crippen molar-refractivity contribution in [3.63, 3.8) is 0 Å². The first-order chi connectivity index (χ1) is 27.3. The molecule has 57 heavy (non-hydrogen) atoms. The number of aliphatic hydroxyl groups is 1. The van der Waals surface area contributed by atoms with Crippen molar-refractivity contribution in [3.8, 4) is 5.75 Å². The Bertz CT molecular complexity index is 1580. The highest BCUT2D eigenvalue weighted by Crippen LogP contribution is 2.26. The van der Waals surface area contributed by atoms with Gasteiger partial charge in [0.05, 0.1) is 12.6 Å². The lowest BCUT2D eigenvalue weighted by atomic mass is 10.0. The average molecular weight is 818 g/mol. The second-order valence-corrected chi connectivity index (χ2v) is 15.4. The SMILES string of the molecule is CC(NC(=O)C(N)CS)C(=O)NC(CCCCN)C(=O)N1CC1CCCC(=O)NC(CO)C(=O)NC(Cc1ccc(O)cc1)C(=O)N1CCCC1C(=O)N1CCC1. The quantitative estimate of drug-likeness (QED) is 0.0347. The molecule has 7 amide bonds. The molecule has 0 bridgehead atoms. The van der Waals surface area contributed by atoms with E-state index in [9.17, 15) is 43.8 Å². The summed E-state index contributed by atoms with van der Waals surface area (Å²) in [6, 6.07) is 0.263. The van der Waals surface area contributed by atoms with Crippen LogP contribution in [0.4, 0.5) is 0 Å². The Kier molecular flexibility index (Phi) is 17.4. The Balaban J connectivity index is 1.29. The fraction of sp³-hybridized carbons (Fsp3) is 0.658. The normalized spacial score (nSPS) is 20.0. The molecule has 4 rings (SSSR count). The monoisotopic (exact) mass is 817 g/mol. The summed E-state index contributed by atoms with van der Waals surface area (Å²) in [4.78, 5) is 96.7. The van der Waals surface area contributed by atoms with Crippen LogP contribution >= 0.6 is 12.6 Å². The number of aliphatic hydroxyl groups excluding tert-OH is 1. The zero-order valence-electron chi connectivity index (χ0n) is 32.6. The highest BCUT2D eigenvalue weighted by atomic mass is 32.1. The lowest BCUT2D eigenvalue weighted by molar-refractivity contribution is -0.147. The molecule has 18 nitrogen and oxygen atoms in total. The van der Waals surface area contributed by atoms with E-state index in [-0.39, 0.29) is 42.2 Å². The molecule has 7 unspecified atom stereocenters. The number of amides is 7. The predicted molar refractivity (Wildman–Crippen MR) is 212 cm³/mol. The molecule has 0 spiro atoms. The van der Waals surface area contributed by atoms with E-state index in [1.54, 1.807) is 21.9 Å². The van der Waals surface area contributed by atoms with Crippen LogP contribution in [0.25, 0.3) is 0 Å². The number of benzene rings is 1. The lowest BCUT2D eigenvalue weighted by Crippen LogP contribution is -2.59. The third-order valence-corrected chi connectivity index (χ3v) is 11.0. The minimum Gasteiger partial charge on any atom is -0.508 e. The van der Waals surface area contributed by atoms with Gasteiger partial charge in [0.1, 0.15) is 36.0 Å². The van der Waals surface area contributed by atoms with E-state index in [4.69, 9.17) is 11.5 Å². The number of carbonyl (C=O) groups excluding carboxylic acids is 7. The number of phenolic OH excluding ortho intramolecular Hbond substituents is 1. The van der Waals surface area contributed by atoms with Crippen LogP contribution in [0.1, 0.15) is 70.3 Å². The van der Waals surface area contributed by atoms with Crippen molar-refractivity contribution in [1.29, 1.82) is 0 Å². The summed E-state index contributed by atoms with van der Waals surface area (Å²) in [5.74, 6) is -3.06. The summed E-state index contributed by atoms with van der Waals surface area (Å²) < 4.78 is 0. The van der Waals surface area contributed by atoms with Crippen molar-refractivity contribution in [1.82, 2.24) is 36.0 Å². The summed E-state index contributed by atoms with van der Waals surface area (Å²) in [6.45, 7) is 3.27. The summed E-state index contributed by atoms with van der Waals surface area (Å²) >= 11 is 4.00. The number of phenols is 1. The molecule has 1 aromatic rings. The smallest absolute Gasteiger partial charge is 0.246 e. The summed E-state index contributed by atoms with van der Waals surface area (Å²) in [7, 11) is 0. The van der Waals surface area contributed by atoms with Gasteiger partial charge in [-0.25, -0.2) is 0 Å². The molecule has 0 saturated carbocycles. The first-order valence-electron chi connectivity index (χ1n) is 19.8. The van der Waals surface area contributed by atoms with Crippen molar-refractivity contribution in [2.45, 2.75) is 113 Å². The van der Waals surface area contributed by atoms with Crippen LogP contribution in [0.2, 0.25) is 0 Å². The Labute approximate surface area is 338 Å². The number of rotatable bonds is 22. The largest absolute Gasteiger partial charge is 0.508 e. The van der Waals surface area contributed by atoms with E-state index in [2.05, 4.69) is 33.9 Å². The molecular weight excluding hydrogens is 759 g/mol. The van der Waals surface area contributed by atoms with Crippen LogP contribution in [-0.2, 0) is 40.0 Å². The Morgan fingerprint density at radius 3 is 2.16 bits per heavy atom. The van der Waals surface area contributed by atoms with Gasteiger partial charge in [-0.15, -0.1) is 0 Å². The maximum Gasteiger partial charge on any atom is 0.246 e. The van der Waals surface area contributed by atoms with Crippen LogP contribution in [0.15, 0.2) is 24.3 Å². The number of hydrogen-bond donors (Lipinski definition) is 9. The fourth-order valence-electron chi connectivity index (χ4n) is 6.95. The van der Waals surface area contributed by atoms with E-state index in [1.807, 2.05) is 0 Å². The molecule has 316 valence electrons. The number of unbranched alkanes of at least 4 members (excludes halogenated alkanes) is 1. The number of aromatic hydroxyl groups is 1. The van der Waals surface area contributed by atoms with Gasteiger partial charge in [0.15, 0.2) is 0 Å². The lowest BCUT2D eigenvalue weighted by Gasteiger charge is -2.36. The number of thiol groups is 1. The van der Waals surface area contributed by atoms with Gasteiger partial charge in [0, 0.05) is 50.8 Å². The van der Waals surface area contributed by atoms with Gasteiger partial charge in [-0.2, -0.15) is 12.6 Å². The van der Waals surface area contributed by atoms with Gasteiger partial charge in [0.2, 0.25) is 41.4 Å². The predicted octanol–water partition coefficient (Wildman–Crippen LogP) is -2.12. The molecule has 1 aromatic carbocycles. The summed E-state index contributed by atoms with van der Waals surface area (Å²) in [6.07, 6.45) is 4.55. The standard InChI is InChI=1S/C38H59N9O9S/c1-23(41-34(52)27(40)22-57)33(51)43-28(8-2-3-15-39)36(54)47-20-25(47)7-4-10-32(50)42-30(21-48)35(53)44-29(19-24-11-13-26(49)14-12-24)37(55)46-18-5-9-31(46)38(56)45-16-6-17-45/h11-14,23,25,27-31,48-49,57H,2-10,15-22,39-40H2,1H3,(H,41,52)(H,42,50)(H,43,51)(H,44,53). The van der Waals surface area contributed by atoms with Gasteiger partial charge < -0.3 is 57.6 Å². The second-order valence-electron chi connectivity index (χ2n) is 15.0. The molecule has 10 N–H and O–H groups in total. The highest BCUT2D eigenvalue weighted by Gasteiger charge is 2.42. The molecule has 19 heteroatoms. The fourth-order valence-corrected chi connectivity index (χ4v) is 7.11. The van der Waals surface area contributed by atoms with Gasteiger partial charge >= 0.3 is 0 Å². The zero-order chi connectivity index (χ0) is 41.6. The first-order valence-corrected chi connectivity index (χ1v) is 20.5. The topological polar surface area (TPSA) is 270 Å². The van der Waals surface area contributed by atoms with Crippen molar-refractivity contribution >= 4 is 54.0 Å². The summed E-state index contributed by atoms with van der Waals surface area (Å²) in [5.41, 5.74) is 12.0.